The number of methoxy groups -OCH3 is 1. The van der Waals surface area contributed by atoms with Gasteiger partial charge in [-0.3, -0.25) is 0 Å². The Hall–Kier alpha value is -0.150. The molecule has 2 nitrogen and oxygen atoms in total. The van der Waals surface area contributed by atoms with E-state index in [1.54, 1.807) is 7.11 Å². The van der Waals surface area contributed by atoms with Crippen LogP contribution in [-0.2, 0) is 9.47 Å². The molecule has 1 unspecified atom stereocenters. The first-order chi connectivity index (χ1) is 6.20. The summed E-state index contributed by atoms with van der Waals surface area (Å²) in [4.78, 5) is 0. The lowest BCUT2D eigenvalue weighted by Crippen LogP contribution is -2.17. The molecular formula is C10H20O2S. The van der Waals surface area contributed by atoms with Gasteiger partial charge in [-0.15, -0.1) is 0 Å². The highest BCUT2D eigenvalue weighted by molar-refractivity contribution is 7.80. The molecule has 0 aromatic carbocycles. The van der Waals surface area contributed by atoms with Crippen LogP contribution in [0.1, 0.15) is 39.5 Å². The largest absolute Gasteiger partial charge is 0.484 e. The molecule has 0 rings (SSSR count). The molecule has 0 radical (unpaired) electrons. The third kappa shape index (κ3) is 8.19. The maximum atomic E-state index is 5.51. The molecule has 0 amide bonds. The summed E-state index contributed by atoms with van der Waals surface area (Å²) in [5, 5.41) is 0.636. The van der Waals surface area contributed by atoms with E-state index in [9.17, 15) is 0 Å². The molecule has 0 saturated heterocycles. The summed E-state index contributed by atoms with van der Waals surface area (Å²) in [7, 11) is 1.71. The predicted octanol–water partition coefficient (Wildman–Crippen LogP) is 2.95. The fourth-order valence-electron chi connectivity index (χ4n) is 1.18. The van der Waals surface area contributed by atoms with Crippen molar-refractivity contribution in [3.05, 3.63) is 0 Å². The minimum absolute atomic E-state index is 0.248. The average Bonchev–Trinajstić information content (AvgIpc) is 2.09. The molecule has 0 heterocycles. The smallest absolute Gasteiger partial charge is 0.157 e. The van der Waals surface area contributed by atoms with Crippen molar-refractivity contribution in [1.29, 1.82) is 0 Å². The molecule has 1 atom stereocenters. The zero-order valence-corrected chi connectivity index (χ0v) is 9.65. The number of thiocarbonyl (C=S) groups is 1. The molecule has 0 aliphatic rings. The minimum Gasteiger partial charge on any atom is -0.484 e. The molecule has 0 fully saturated rings. The number of hydrogen-bond donors (Lipinski definition) is 0. The van der Waals surface area contributed by atoms with Gasteiger partial charge < -0.3 is 9.47 Å². The molecule has 0 saturated carbocycles. The van der Waals surface area contributed by atoms with Crippen LogP contribution in [0, 0.1) is 0 Å². The van der Waals surface area contributed by atoms with Crippen LogP contribution in [0.3, 0.4) is 0 Å². The van der Waals surface area contributed by atoms with E-state index in [0.717, 1.165) is 19.4 Å². The highest BCUT2D eigenvalue weighted by atomic mass is 32.1. The maximum Gasteiger partial charge on any atom is 0.157 e. The summed E-state index contributed by atoms with van der Waals surface area (Å²) >= 11 is 4.91. The summed E-state index contributed by atoms with van der Waals surface area (Å²) in [5.41, 5.74) is 0. The van der Waals surface area contributed by atoms with E-state index in [4.69, 9.17) is 21.7 Å². The van der Waals surface area contributed by atoms with Gasteiger partial charge in [0.2, 0.25) is 0 Å². The zero-order valence-electron chi connectivity index (χ0n) is 8.84. The van der Waals surface area contributed by atoms with E-state index in [1.165, 1.54) is 12.8 Å². The lowest BCUT2D eigenvalue weighted by Gasteiger charge is -2.17. The summed E-state index contributed by atoms with van der Waals surface area (Å²) in [6.45, 7) is 4.75. The number of ether oxygens (including phenoxy) is 2. The zero-order chi connectivity index (χ0) is 10.1. The molecule has 0 aromatic rings. The first-order valence-electron chi connectivity index (χ1n) is 4.86. The molecule has 0 spiro atoms. The van der Waals surface area contributed by atoms with Crippen LogP contribution >= 0.6 is 12.2 Å². The number of unbranched alkanes of at least 4 members (excludes halogenated alkanes) is 1. The molecule has 0 aliphatic heterocycles. The summed E-state index contributed by atoms with van der Waals surface area (Å²) < 4.78 is 10.5. The molecule has 0 N–H and O–H groups in total. The molecule has 0 aliphatic carbocycles. The normalized spacial score (nSPS) is 12.5. The van der Waals surface area contributed by atoms with Crippen LogP contribution in [0.25, 0.3) is 0 Å². The van der Waals surface area contributed by atoms with Gasteiger partial charge in [-0.25, -0.2) is 0 Å². The first-order valence-corrected chi connectivity index (χ1v) is 5.27. The van der Waals surface area contributed by atoms with Crippen molar-refractivity contribution in [1.82, 2.24) is 0 Å². The van der Waals surface area contributed by atoms with Crippen molar-refractivity contribution >= 4 is 17.3 Å². The van der Waals surface area contributed by atoms with Crippen molar-refractivity contribution in [2.24, 2.45) is 0 Å². The van der Waals surface area contributed by atoms with E-state index in [1.807, 2.05) is 6.92 Å². The lowest BCUT2D eigenvalue weighted by atomic mass is 10.1. The van der Waals surface area contributed by atoms with E-state index >= 15 is 0 Å². The molecule has 0 bridgehead atoms. The molecular weight excluding hydrogens is 184 g/mol. The Kier molecular flexibility index (Phi) is 8.35. The second kappa shape index (κ2) is 8.45. The van der Waals surface area contributed by atoms with E-state index in [0.29, 0.717) is 5.05 Å². The van der Waals surface area contributed by atoms with Gasteiger partial charge in [0.1, 0.15) is 6.10 Å². The monoisotopic (exact) mass is 204 g/mol. The fraction of sp³-hybridized carbons (Fsp3) is 0.900. The van der Waals surface area contributed by atoms with Gasteiger partial charge in [0.15, 0.2) is 5.05 Å². The summed E-state index contributed by atoms with van der Waals surface area (Å²) in [6.07, 6.45) is 4.65. The van der Waals surface area contributed by atoms with Gasteiger partial charge in [0, 0.05) is 27.1 Å². The highest BCUT2D eigenvalue weighted by Gasteiger charge is 2.09. The second-order valence-electron chi connectivity index (χ2n) is 3.16. The van der Waals surface area contributed by atoms with Gasteiger partial charge in [0.25, 0.3) is 0 Å². The Morgan fingerprint density at radius 3 is 2.54 bits per heavy atom. The van der Waals surface area contributed by atoms with Crippen molar-refractivity contribution < 1.29 is 9.47 Å². The molecule has 0 aromatic heterocycles. The Balaban J connectivity index is 3.66. The highest BCUT2D eigenvalue weighted by Crippen LogP contribution is 2.09. The van der Waals surface area contributed by atoms with Crippen LogP contribution in [0.4, 0.5) is 0 Å². The fourth-order valence-corrected chi connectivity index (χ4v) is 1.31. The third-order valence-electron chi connectivity index (χ3n) is 1.86. The van der Waals surface area contributed by atoms with E-state index in [-0.39, 0.29) is 6.10 Å². The molecule has 78 valence electrons. The molecule has 3 heteroatoms. The van der Waals surface area contributed by atoms with Crippen LogP contribution in [-0.4, -0.2) is 24.9 Å². The quantitative estimate of drug-likeness (QED) is 0.594. The third-order valence-corrected chi connectivity index (χ3v) is 1.95. The lowest BCUT2D eigenvalue weighted by molar-refractivity contribution is 0.113. The van der Waals surface area contributed by atoms with Crippen LogP contribution in [0.2, 0.25) is 0 Å². The van der Waals surface area contributed by atoms with E-state index < -0.39 is 0 Å². The van der Waals surface area contributed by atoms with E-state index in [2.05, 4.69) is 6.92 Å². The molecule has 13 heavy (non-hydrogen) atoms. The van der Waals surface area contributed by atoms with Crippen molar-refractivity contribution in [3.63, 3.8) is 0 Å². The van der Waals surface area contributed by atoms with Crippen molar-refractivity contribution in [2.75, 3.05) is 13.7 Å². The first kappa shape index (κ1) is 12.8. The van der Waals surface area contributed by atoms with Crippen molar-refractivity contribution in [2.45, 2.75) is 45.6 Å². The van der Waals surface area contributed by atoms with Crippen molar-refractivity contribution in [3.8, 4) is 0 Å². The van der Waals surface area contributed by atoms with Gasteiger partial charge >= 0.3 is 0 Å². The van der Waals surface area contributed by atoms with Gasteiger partial charge in [-0.05, 0) is 18.6 Å². The Morgan fingerprint density at radius 2 is 2.08 bits per heavy atom. The van der Waals surface area contributed by atoms with Crippen LogP contribution in [0.5, 0.6) is 0 Å². The van der Waals surface area contributed by atoms with Gasteiger partial charge in [0.05, 0.1) is 0 Å². The minimum atomic E-state index is 0.248. The second-order valence-corrected chi connectivity index (χ2v) is 3.73. The summed E-state index contributed by atoms with van der Waals surface area (Å²) in [6, 6.07) is 0. The Morgan fingerprint density at radius 1 is 1.38 bits per heavy atom. The van der Waals surface area contributed by atoms with Crippen LogP contribution < -0.4 is 0 Å². The topological polar surface area (TPSA) is 18.5 Å². The van der Waals surface area contributed by atoms with Gasteiger partial charge in [-0.2, -0.15) is 0 Å². The Bertz CT molecular complexity index is 129. The summed E-state index contributed by atoms with van der Waals surface area (Å²) in [5.74, 6) is 0. The SMILES string of the molecule is CCCCC(CCOC)OC(C)=S. The number of hydrogen-bond acceptors (Lipinski definition) is 3. The Labute approximate surface area is 86.6 Å². The van der Waals surface area contributed by atoms with Gasteiger partial charge in [-0.1, -0.05) is 19.8 Å². The number of rotatable bonds is 7. The maximum absolute atomic E-state index is 5.51. The average molecular weight is 204 g/mol. The predicted molar refractivity (Wildman–Crippen MR) is 59.2 cm³/mol. The van der Waals surface area contributed by atoms with Crippen LogP contribution in [0.15, 0.2) is 0 Å². The standard InChI is InChI=1S/C10H20O2S/c1-4-5-6-10(7-8-11-3)12-9(2)13/h10H,4-8H2,1-3H3.